The number of hydrogen-bond acceptors (Lipinski definition) is 3. The van der Waals surface area contributed by atoms with E-state index in [4.69, 9.17) is 0 Å². The zero-order valence-corrected chi connectivity index (χ0v) is 12.9. The molecule has 5 heteroatoms. The first-order valence-corrected chi connectivity index (χ1v) is 8.17. The predicted molar refractivity (Wildman–Crippen MR) is 78.7 cm³/mol. The predicted octanol–water partition coefficient (Wildman–Crippen LogP) is 1.38. The Bertz CT molecular complexity index is 449. The summed E-state index contributed by atoms with van der Waals surface area (Å²) in [4.78, 5) is 24.2. The van der Waals surface area contributed by atoms with E-state index in [0.717, 1.165) is 38.6 Å². The topological polar surface area (TPSA) is 78.4 Å². The summed E-state index contributed by atoms with van der Waals surface area (Å²) < 4.78 is 0. The second-order valence-corrected chi connectivity index (χ2v) is 7.71. The van der Waals surface area contributed by atoms with E-state index in [1.807, 2.05) is 0 Å². The van der Waals surface area contributed by atoms with Crippen molar-refractivity contribution in [1.29, 1.82) is 0 Å². The lowest BCUT2D eigenvalue weighted by Crippen LogP contribution is -2.59. The second-order valence-electron chi connectivity index (χ2n) is 7.71. The molecule has 0 aromatic carbocycles. The summed E-state index contributed by atoms with van der Waals surface area (Å²) in [6.07, 6.45) is 5.13. The minimum atomic E-state index is -0.747. The molecule has 1 heterocycles. The van der Waals surface area contributed by atoms with E-state index in [9.17, 15) is 14.7 Å². The molecule has 5 nitrogen and oxygen atoms in total. The largest absolute Gasteiger partial charge is 0.481 e. The fourth-order valence-electron chi connectivity index (χ4n) is 4.76. The van der Waals surface area contributed by atoms with Gasteiger partial charge in [-0.2, -0.15) is 0 Å². The van der Waals surface area contributed by atoms with Crippen LogP contribution in [0.15, 0.2) is 0 Å². The van der Waals surface area contributed by atoms with E-state index in [0.29, 0.717) is 5.92 Å². The molecule has 2 bridgehead atoms. The van der Waals surface area contributed by atoms with Gasteiger partial charge in [-0.05, 0) is 55.9 Å². The van der Waals surface area contributed by atoms with Crippen molar-refractivity contribution < 1.29 is 14.7 Å². The van der Waals surface area contributed by atoms with Crippen molar-refractivity contribution >= 4 is 11.9 Å². The van der Waals surface area contributed by atoms with Gasteiger partial charge in [0.25, 0.3) is 0 Å². The number of aliphatic carboxylic acids is 1. The van der Waals surface area contributed by atoms with Crippen LogP contribution in [0.3, 0.4) is 0 Å². The van der Waals surface area contributed by atoms with Crippen LogP contribution in [0.1, 0.15) is 46.0 Å². The van der Waals surface area contributed by atoms with E-state index >= 15 is 0 Å². The maximum Gasteiger partial charge on any atom is 0.308 e. The second kappa shape index (κ2) is 5.27. The van der Waals surface area contributed by atoms with Gasteiger partial charge in [0.2, 0.25) is 5.91 Å². The number of carboxylic acid groups (broad SMARTS) is 1. The molecule has 118 valence electrons. The maximum atomic E-state index is 12.6. The van der Waals surface area contributed by atoms with E-state index in [-0.39, 0.29) is 35.2 Å². The number of hydrogen-bond donors (Lipinski definition) is 3. The molecule has 3 aliphatic rings. The van der Waals surface area contributed by atoms with Crippen molar-refractivity contribution in [3.05, 3.63) is 0 Å². The smallest absolute Gasteiger partial charge is 0.308 e. The third-order valence-electron chi connectivity index (χ3n) is 5.90. The Hall–Kier alpha value is -1.10. The van der Waals surface area contributed by atoms with E-state index in [1.54, 1.807) is 0 Å². The van der Waals surface area contributed by atoms with Crippen LogP contribution >= 0.6 is 0 Å². The van der Waals surface area contributed by atoms with Gasteiger partial charge in [0.1, 0.15) is 0 Å². The molecule has 1 aliphatic heterocycles. The molecule has 0 aromatic rings. The molecule has 2 aliphatic carbocycles. The summed E-state index contributed by atoms with van der Waals surface area (Å²) in [6.45, 7) is 5.08. The van der Waals surface area contributed by atoms with Crippen LogP contribution in [-0.2, 0) is 9.59 Å². The van der Waals surface area contributed by atoms with Gasteiger partial charge in [-0.15, -0.1) is 0 Å². The Kier molecular flexibility index (Phi) is 3.72. The number of nitrogens with one attached hydrogen (secondary N) is 2. The summed E-state index contributed by atoms with van der Waals surface area (Å²) in [5.41, 5.74) is -0.0708. The monoisotopic (exact) mass is 294 g/mol. The molecule has 3 rings (SSSR count). The van der Waals surface area contributed by atoms with Crippen molar-refractivity contribution in [3.8, 4) is 0 Å². The molecule has 0 aromatic heterocycles. The SMILES string of the molecule is CC1(C)CCCNC1C(=O)NC1C2CCC(C2)C1C(=O)O. The lowest BCUT2D eigenvalue weighted by Gasteiger charge is -2.40. The molecule has 21 heavy (non-hydrogen) atoms. The normalized spacial score (nSPS) is 41.0. The lowest BCUT2D eigenvalue weighted by atomic mass is 9.76. The van der Waals surface area contributed by atoms with Crippen LogP contribution in [0.4, 0.5) is 0 Å². The summed E-state index contributed by atoms with van der Waals surface area (Å²) in [6, 6.07) is -0.381. The van der Waals surface area contributed by atoms with Crippen molar-refractivity contribution in [2.45, 2.75) is 58.0 Å². The Morgan fingerprint density at radius 3 is 2.62 bits per heavy atom. The van der Waals surface area contributed by atoms with E-state index in [1.165, 1.54) is 0 Å². The van der Waals surface area contributed by atoms with Crippen LogP contribution in [-0.4, -0.2) is 35.6 Å². The highest BCUT2D eigenvalue weighted by molar-refractivity contribution is 5.84. The summed E-state index contributed by atoms with van der Waals surface area (Å²) in [5.74, 6) is -0.539. The highest BCUT2D eigenvalue weighted by Crippen LogP contribution is 2.48. The van der Waals surface area contributed by atoms with Gasteiger partial charge < -0.3 is 15.7 Å². The standard InChI is InChI=1S/C16H26N2O3/c1-16(2)6-3-7-17-13(16)14(19)18-12-10-5-4-9(8-10)11(12)15(20)21/h9-13,17H,3-8H2,1-2H3,(H,18,19)(H,20,21). The van der Waals surface area contributed by atoms with Crippen molar-refractivity contribution in [2.75, 3.05) is 6.54 Å². The van der Waals surface area contributed by atoms with Crippen LogP contribution < -0.4 is 10.6 Å². The minimum absolute atomic E-state index is 0.0106. The van der Waals surface area contributed by atoms with Gasteiger partial charge >= 0.3 is 5.97 Å². The molecule has 1 amide bonds. The zero-order chi connectivity index (χ0) is 15.2. The number of piperidine rings is 1. The molecule has 2 saturated carbocycles. The van der Waals surface area contributed by atoms with Gasteiger partial charge in [-0.3, -0.25) is 9.59 Å². The quantitative estimate of drug-likeness (QED) is 0.735. The average molecular weight is 294 g/mol. The van der Waals surface area contributed by atoms with E-state index < -0.39 is 5.97 Å². The number of carbonyl (C=O) groups excluding carboxylic acids is 1. The van der Waals surface area contributed by atoms with Gasteiger partial charge in [-0.25, -0.2) is 0 Å². The molecule has 0 radical (unpaired) electrons. The number of fused-ring (bicyclic) bond motifs is 2. The van der Waals surface area contributed by atoms with Crippen LogP contribution in [0.5, 0.6) is 0 Å². The molecule has 5 unspecified atom stereocenters. The number of amides is 1. The Morgan fingerprint density at radius 1 is 1.24 bits per heavy atom. The third kappa shape index (κ3) is 2.56. The molecular formula is C16H26N2O3. The fraction of sp³-hybridized carbons (Fsp3) is 0.875. The lowest BCUT2D eigenvalue weighted by molar-refractivity contribution is -0.145. The van der Waals surface area contributed by atoms with Crippen molar-refractivity contribution in [1.82, 2.24) is 10.6 Å². The first-order chi connectivity index (χ1) is 9.90. The highest BCUT2D eigenvalue weighted by Gasteiger charge is 2.52. The number of carboxylic acids is 1. The fourth-order valence-corrected chi connectivity index (χ4v) is 4.76. The third-order valence-corrected chi connectivity index (χ3v) is 5.90. The van der Waals surface area contributed by atoms with Gasteiger partial charge in [0.05, 0.1) is 12.0 Å². The Morgan fingerprint density at radius 2 is 1.95 bits per heavy atom. The molecular weight excluding hydrogens is 268 g/mol. The van der Waals surface area contributed by atoms with Crippen molar-refractivity contribution in [2.24, 2.45) is 23.2 Å². The van der Waals surface area contributed by atoms with Crippen molar-refractivity contribution in [3.63, 3.8) is 0 Å². The molecule has 3 fully saturated rings. The van der Waals surface area contributed by atoms with Crippen LogP contribution in [0.25, 0.3) is 0 Å². The number of carbonyl (C=O) groups is 2. The van der Waals surface area contributed by atoms with Crippen LogP contribution in [0, 0.1) is 23.2 Å². The molecule has 5 atom stereocenters. The number of rotatable bonds is 3. The van der Waals surface area contributed by atoms with Gasteiger partial charge in [-0.1, -0.05) is 13.8 Å². The molecule has 1 saturated heterocycles. The van der Waals surface area contributed by atoms with Crippen LogP contribution in [0.2, 0.25) is 0 Å². The van der Waals surface area contributed by atoms with E-state index in [2.05, 4.69) is 24.5 Å². The summed E-state index contributed by atoms with van der Waals surface area (Å²) in [7, 11) is 0. The zero-order valence-electron chi connectivity index (χ0n) is 12.9. The first kappa shape index (κ1) is 14.8. The average Bonchev–Trinajstić information content (AvgIpc) is 2.98. The molecule has 3 N–H and O–H groups in total. The Labute approximate surface area is 125 Å². The van der Waals surface area contributed by atoms with Gasteiger partial charge in [0.15, 0.2) is 0 Å². The van der Waals surface area contributed by atoms with Gasteiger partial charge in [0, 0.05) is 6.04 Å². The first-order valence-electron chi connectivity index (χ1n) is 8.17. The highest BCUT2D eigenvalue weighted by atomic mass is 16.4. The Balaban J connectivity index is 1.70. The maximum absolute atomic E-state index is 12.6. The summed E-state index contributed by atoms with van der Waals surface area (Å²) >= 11 is 0. The minimum Gasteiger partial charge on any atom is -0.481 e. The summed E-state index contributed by atoms with van der Waals surface area (Å²) in [5, 5.41) is 15.9. The molecule has 0 spiro atoms.